The van der Waals surface area contributed by atoms with Gasteiger partial charge in [0.05, 0.1) is 13.2 Å². The second-order valence-electron chi connectivity index (χ2n) is 12.4. The maximum atomic E-state index is 12.8. The Morgan fingerprint density at radius 2 is 1.60 bits per heavy atom. The van der Waals surface area contributed by atoms with E-state index in [-0.39, 0.29) is 12.1 Å². The van der Waals surface area contributed by atoms with Crippen LogP contribution >= 0.6 is 0 Å². The molecule has 0 spiro atoms. The zero-order valence-corrected chi connectivity index (χ0v) is 24.8. The van der Waals surface area contributed by atoms with Crippen LogP contribution in [0.25, 0.3) is 0 Å². The summed E-state index contributed by atoms with van der Waals surface area (Å²) in [4.78, 5) is 19.8. The van der Waals surface area contributed by atoms with Crippen LogP contribution in [0, 0.1) is 0 Å². The van der Waals surface area contributed by atoms with E-state index in [0.29, 0.717) is 25.2 Å². The van der Waals surface area contributed by atoms with Crippen molar-refractivity contribution < 1.29 is 14.3 Å². The Hall–Kier alpha value is -3.35. The summed E-state index contributed by atoms with van der Waals surface area (Å²) < 4.78 is 11.3. The number of piperazine rings is 1. The van der Waals surface area contributed by atoms with Gasteiger partial charge >= 0.3 is 6.09 Å². The molecular formula is C34H43N3O3. The third-order valence-electron chi connectivity index (χ3n) is 8.05. The largest absolute Gasteiger partial charge is 0.497 e. The molecule has 2 aliphatic rings. The van der Waals surface area contributed by atoms with Crippen LogP contribution in [0.2, 0.25) is 0 Å². The van der Waals surface area contributed by atoms with Gasteiger partial charge in [-0.25, -0.2) is 4.79 Å². The summed E-state index contributed by atoms with van der Waals surface area (Å²) >= 11 is 0. The maximum Gasteiger partial charge on any atom is 0.410 e. The topological polar surface area (TPSA) is 45.2 Å². The van der Waals surface area contributed by atoms with Gasteiger partial charge in [0.2, 0.25) is 0 Å². The molecule has 0 bridgehead atoms. The first-order valence-corrected chi connectivity index (χ1v) is 14.4. The Kier molecular flexibility index (Phi) is 8.20. The molecular weight excluding hydrogens is 498 g/mol. The first-order chi connectivity index (χ1) is 19.1. The number of benzene rings is 3. The molecule has 3 aromatic rings. The zero-order chi connectivity index (χ0) is 28.4. The second kappa shape index (κ2) is 11.6. The Balaban J connectivity index is 1.43. The summed E-state index contributed by atoms with van der Waals surface area (Å²) in [7, 11) is 1.72. The number of carbonyl (C=O) groups excluding carboxylic acids is 1. The molecule has 6 nitrogen and oxygen atoms in total. The van der Waals surface area contributed by atoms with Crippen LogP contribution in [0.5, 0.6) is 5.75 Å². The summed E-state index contributed by atoms with van der Waals surface area (Å²) in [5.41, 5.74) is 5.69. The van der Waals surface area contributed by atoms with E-state index in [2.05, 4.69) is 90.4 Å². The lowest BCUT2D eigenvalue weighted by molar-refractivity contribution is 0.0194. The van der Waals surface area contributed by atoms with Gasteiger partial charge in [0.1, 0.15) is 11.4 Å². The van der Waals surface area contributed by atoms with Crippen molar-refractivity contribution in [2.24, 2.45) is 0 Å². The smallest absolute Gasteiger partial charge is 0.410 e. The van der Waals surface area contributed by atoms with E-state index < -0.39 is 5.60 Å². The lowest BCUT2D eigenvalue weighted by Crippen LogP contribution is -2.56. The highest BCUT2D eigenvalue weighted by atomic mass is 16.6. The van der Waals surface area contributed by atoms with E-state index in [1.165, 1.54) is 27.8 Å². The summed E-state index contributed by atoms with van der Waals surface area (Å²) in [5.74, 6) is 0.864. The molecule has 0 aliphatic carbocycles. The van der Waals surface area contributed by atoms with Gasteiger partial charge in [-0.15, -0.1) is 0 Å². The highest BCUT2D eigenvalue weighted by Crippen LogP contribution is 2.37. The molecule has 1 saturated heterocycles. The molecule has 5 rings (SSSR count). The molecule has 6 heteroatoms. The molecule has 0 unspecified atom stereocenters. The van der Waals surface area contributed by atoms with E-state index in [9.17, 15) is 4.79 Å². The zero-order valence-electron chi connectivity index (χ0n) is 24.8. The van der Waals surface area contributed by atoms with Crippen LogP contribution in [0.3, 0.4) is 0 Å². The summed E-state index contributed by atoms with van der Waals surface area (Å²) in [5, 5.41) is 0. The number of fused-ring (bicyclic) bond motifs is 1. The van der Waals surface area contributed by atoms with Gasteiger partial charge in [-0.05, 0) is 74.6 Å². The number of amides is 1. The molecule has 1 fully saturated rings. The maximum absolute atomic E-state index is 12.8. The number of hydrogen-bond acceptors (Lipinski definition) is 5. The first-order valence-electron chi connectivity index (χ1n) is 14.4. The predicted molar refractivity (Wildman–Crippen MR) is 159 cm³/mol. The third-order valence-corrected chi connectivity index (χ3v) is 8.05. The fraction of sp³-hybridized carbons (Fsp3) is 0.441. The van der Waals surface area contributed by atoms with Gasteiger partial charge in [-0.1, -0.05) is 60.7 Å². The lowest BCUT2D eigenvalue weighted by Gasteiger charge is -2.48. The highest BCUT2D eigenvalue weighted by molar-refractivity contribution is 5.69. The Bertz CT molecular complexity index is 1320. The second-order valence-corrected chi connectivity index (χ2v) is 12.4. The van der Waals surface area contributed by atoms with Crippen molar-refractivity contribution in [3.8, 4) is 5.75 Å². The van der Waals surface area contributed by atoms with Crippen molar-refractivity contribution in [2.45, 2.75) is 78.0 Å². The van der Waals surface area contributed by atoms with Gasteiger partial charge < -0.3 is 9.47 Å². The van der Waals surface area contributed by atoms with Crippen LogP contribution < -0.4 is 4.74 Å². The van der Waals surface area contributed by atoms with Crippen LogP contribution in [-0.2, 0) is 24.4 Å². The van der Waals surface area contributed by atoms with E-state index in [0.717, 1.165) is 25.4 Å². The minimum absolute atomic E-state index is 0.0762. The average Bonchev–Trinajstić information content (AvgIpc) is 3.35. The standard InChI is InChI=1S/C34H43N3O3/c1-24-20-37(25(2)19-35(24)21-26-11-8-7-9-12-26)32(27-13-10-14-31(18-27)39-6)28-15-16-29-22-36(23-30(29)17-28)33(38)40-34(3,4)5/h7-18,24-25,32H,19-23H2,1-6H3/t24-,25+,32+/m1/s1. The van der Waals surface area contributed by atoms with Gasteiger partial charge in [0, 0.05) is 44.8 Å². The van der Waals surface area contributed by atoms with E-state index in [1.807, 2.05) is 26.8 Å². The van der Waals surface area contributed by atoms with Crippen molar-refractivity contribution in [3.05, 3.63) is 101 Å². The molecule has 0 radical (unpaired) electrons. The van der Waals surface area contributed by atoms with Crippen LogP contribution in [0.15, 0.2) is 72.8 Å². The Labute approximate surface area is 239 Å². The minimum atomic E-state index is -0.510. The summed E-state index contributed by atoms with van der Waals surface area (Å²) in [6, 6.07) is 26.8. The van der Waals surface area contributed by atoms with Crippen molar-refractivity contribution in [3.63, 3.8) is 0 Å². The number of methoxy groups -OCH3 is 1. The molecule has 212 valence electrons. The van der Waals surface area contributed by atoms with E-state index in [1.54, 1.807) is 12.0 Å². The van der Waals surface area contributed by atoms with Crippen LogP contribution in [0.4, 0.5) is 4.79 Å². The summed E-state index contributed by atoms with van der Waals surface area (Å²) in [6.45, 7) is 14.5. The number of carbonyl (C=O) groups is 1. The first kappa shape index (κ1) is 28.2. The van der Waals surface area contributed by atoms with Crippen LogP contribution in [0.1, 0.15) is 68.5 Å². The number of hydrogen-bond donors (Lipinski definition) is 0. The fourth-order valence-electron chi connectivity index (χ4n) is 6.05. The quantitative estimate of drug-likeness (QED) is 0.351. The van der Waals surface area contributed by atoms with Gasteiger partial charge in [-0.2, -0.15) is 0 Å². The van der Waals surface area contributed by atoms with Crippen molar-refractivity contribution in [2.75, 3.05) is 20.2 Å². The number of ether oxygens (including phenoxy) is 2. The van der Waals surface area contributed by atoms with Crippen LogP contribution in [-0.4, -0.2) is 58.7 Å². The minimum Gasteiger partial charge on any atom is -0.497 e. The Morgan fingerprint density at radius 1 is 0.875 bits per heavy atom. The lowest BCUT2D eigenvalue weighted by atomic mass is 9.91. The predicted octanol–water partition coefficient (Wildman–Crippen LogP) is 6.63. The summed E-state index contributed by atoms with van der Waals surface area (Å²) in [6.07, 6.45) is -0.258. The molecule has 0 saturated carbocycles. The normalized spacial score (nSPS) is 20.7. The van der Waals surface area contributed by atoms with Crippen molar-refractivity contribution >= 4 is 6.09 Å². The molecule has 2 heterocycles. The molecule has 40 heavy (non-hydrogen) atoms. The van der Waals surface area contributed by atoms with Crippen molar-refractivity contribution in [1.29, 1.82) is 0 Å². The van der Waals surface area contributed by atoms with E-state index >= 15 is 0 Å². The van der Waals surface area contributed by atoms with E-state index in [4.69, 9.17) is 9.47 Å². The van der Waals surface area contributed by atoms with Gasteiger partial charge in [0.15, 0.2) is 0 Å². The Morgan fingerprint density at radius 3 is 2.33 bits per heavy atom. The molecule has 3 atom stereocenters. The molecule has 1 amide bonds. The molecule has 0 N–H and O–H groups in total. The number of nitrogens with zero attached hydrogens (tertiary/aromatic N) is 3. The molecule has 2 aliphatic heterocycles. The fourth-order valence-corrected chi connectivity index (χ4v) is 6.05. The molecule has 3 aromatic carbocycles. The third kappa shape index (κ3) is 6.34. The van der Waals surface area contributed by atoms with Gasteiger partial charge in [0.25, 0.3) is 0 Å². The highest BCUT2D eigenvalue weighted by Gasteiger charge is 2.36. The van der Waals surface area contributed by atoms with Gasteiger partial charge in [-0.3, -0.25) is 14.7 Å². The number of rotatable bonds is 6. The SMILES string of the molecule is COc1cccc([C@@H](c2ccc3c(c2)CN(C(=O)OC(C)(C)C)C3)N2C[C@@H](C)N(Cc3ccccc3)C[C@@H]2C)c1. The average molecular weight is 542 g/mol. The monoisotopic (exact) mass is 541 g/mol. The van der Waals surface area contributed by atoms with Crippen molar-refractivity contribution in [1.82, 2.24) is 14.7 Å². The molecule has 0 aromatic heterocycles.